The molecule has 1 N–H and O–H groups in total. The van der Waals surface area contributed by atoms with Gasteiger partial charge in [-0.2, -0.15) is 5.10 Å². The van der Waals surface area contributed by atoms with Crippen LogP contribution >= 0.6 is 0 Å². The number of aromatic nitrogens is 2. The molecule has 0 bridgehead atoms. The van der Waals surface area contributed by atoms with E-state index in [1.807, 2.05) is 18.7 Å². The van der Waals surface area contributed by atoms with Crippen LogP contribution in [0.4, 0.5) is 0 Å². The van der Waals surface area contributed by atoms with Crippen molar-refractivity contribution in [2.75, 3.05) is 0 Å². The Hall–Kier alpha value is -0.830. The molecule has 0 spiro atoms. The topological polar surface area (TPSA) is 29.9 Å². The van der Waals surface area contributed by atoms with E-state index in [9.17, 15) is 0 Å². The SMILES string of the molecule is Cc1cc(CNC(C)(C)C2CC2)n(C)n1. The van der Waals surface area contributed by atoms with Crippen molar-refractivity contribution in [1.29, 1.82) is 0 Å². The highest BCUT2D eigenvalue weighted by Gasteiger charge is 2.37. The van der Waals surface area contributed by atoms with Crippen LogP contribution in [0.25, 0.3) is 0 Å². The zero-order valence-electron chi connectivity index (χ0n) is 10.2. The first-order valence-corrected chi connectivity index (χ1v) is 5.73. The summed E-state index contributed by atoms with van der Waals surface area (Å²) in [6.45, 7) is 7.55. The second kappa shape index (κ2) is 3.63. The smallest absolute Gasteiger partial charge is 0.0597 e. The Morgan fingerprint density at radius 3 is 2.67 bits per heavy atom. The molecule has 84 valence electrons. The lowest BCUT2D eigenvalue weighted by molar-refractivity contribution is 0.335. The third-order valence-electron chi connectivity index (χ3n) is 3.42. The molecule has 1 heterocycles. The van der Waals surface area contributed by atoms with Crippen LogP contribution in [0, 0.1) is 12.8 Å². The number of rotatable bonds is 4. The first-order valence-electron chi connectivity index (χ1n) is 5.73. The summed E-state index contributed by atoms with van der Waals surface area (Å²) in [5.74, 6) is 0.867. The molecule has 0 amide bonds. The van der Waals surface area contributed by atoms with Gasteiger partial charge in [-0.1, -0.05) is 0 Å². The number of nitrogens with zero attached hydrogens (tertiary/aromatic N) is 2. The van der Waals surface area contributed by atoms with Gasteiger partial charge in [-0.15, -0.1) is 0 Å². The van der Waals surface area contributed by atoms with Crippen LogP contribution in [0.1, 0.15) is 38.1 Å². The Morgan fingerprint density at radius 2 is 2.20 bits per heavy atom. The molecule has 1 aliphatic carbocycles. The molecule has 15 heavy (non-hydrogen) atoms. The van der Waals surface area contributed by atoms with Crippen molar-refractivity contribution >= 4 is 0 Å². The van der Waals surface area contributed by atoms with Gasteiger partial charge in [0.2, 0.25) is 0 Å². The maximum absolute atomic E-state index is 4.35. The van der Waals surface area contributed by atoms with Gasteiger partial charge >= 0.3 is 0 Å². The van der Waals surface area contributed by atoms with Gasteiger partial charge in [0.15, 0.2) is 0 Å². The van der Waals surface area contributed by atoms with Crippen LogP contribution in [0.3, 0.4) is 0 Å². The Labute approximate surface area is 91.9 Å². The highest BCUT2D eigenvalue weighted by molar-refractivity contribution is 5.09. The summed E-state index contributed by atoms with van der Waals surface area (Å²) in [5.41, 5.74) is 2.64. The van der Waals surface area contributed by atoms with E-state index in [-0.39, 0.29) is 5.54 Å². The van der Waals surface area contributed by atoms with Crippen LogP contribution in [0.2, 0.25) is 0 Å². The molecule has 1 aromatic heterocycles. The van der Waals surface area contributed by atoms with Gasteiger partial charge in [-0.25, -0.2) is 0 Å². The van der Waals surface area contributed by atoms with Gasteiger partial charge in [0.25, 0.3) is 0 Å². The van der Waals surface area contributed by atoms with Crippen molar-refractivity contribution in [1.82, 2.24) is 15.1 Å². The van der Waals surface area contributed by atoms with E-state index >= 15 is 0 Å². The monoisotopic (exact) mass is 207 g/mol. The highest BCUT2D eigenvalue weighted by atomic mass is 15.3. The van der Waals surface area contributed by atoms with Gasteiger partial charge in [-0.3, -0.25) is 4.68 Å². The largest absolute Gasteiger partial charge is 0.306 e. The first kappa shape index (κ1) is 10.7. The number of nitrogens with one attached hydrogen (secondary N) is 1. The molecule has 1 aliphatic rings. The van der Waals surface area contributed by atoms with Crippen molar-refractivity contribution in [3.05, 3.63) is 17.5 Å². The fourth-order valence-electron chi connectivity index (χ4n) is 2.10. The van der Waals surface area contributed by atoms with Crippen LogP contribution in [-0.4, -0.2) is 15.3 Å². The van der Waals surface area contributed by atoms with E-state index in [2.05, 4.69) is 30.3 Å². The van der Waals surface area contributed by atoms with Crippen LogP contribution < -0.4 is 5.32 Å². The highest BCUT2D eigenvalue weighted by Crippen LogP contribution is 2.39. The van der Waals surface area contributed by atoms with Gasteiger partial charge in [0, 0.05) is 19.1 Å². The van der Waals surface area contributed by atoms with Gasteiger partial charge < -0.3 is 5.32 Å². The molecule has 0 aliphatic heterocycles. The summed E-state index contributed by atoms with van der Waals surface area (Å²) in [5, 5.41) is 7.98. The molecule has 3 heteroatoms. The molecular weight excluding hydrogens is 186 g/mol. The normalized spacial score (nSPS) is 17.1. The lowest BCUT2D eigenvalue weighted by Crippen LogP contribution is -2.41. The molecule has 0 unspecified atom stereocenters. The summed E-state index contributed by atoms with van der Waals surface area (Å²) >= 11 is 0. The molecule has 0 aromatic carbocycles. The van der Waals surface area contributed by atoms with Crippen molar-refractivity contribution < 1.29 is 0 Å². The Kier molecular flexibility index (Phi) is 2.59. The molecule has 0 radical (unpaired) electrons. The van der Waals surface area contributed by atoms with E-state index in [1.54, 1.807) is 0 Å². The zero-order valence-corrected chi connectivity index (χ0v) is 10.2. The molecule has 1 saturated carbocycles. The number of hydrogen-bond acceptors (Lipinski definition) is 2. The predicted molar refractivity (Wildman–Crippen MR) is 61.6 cm³/mol. The van der Waals surface area contributed by atoms with Crippen molar-refractivity contribution in [2.45, 2.75) is 45.7 Å². The van der Waals surface area contributed by atoms with Gasteiger partial charge in [0.1, 0.15) is 0 Å². The minimum absolute atomic E-state index is 0.276. The lowest BCUT2D eigenvalue weighted by atomic mass is 9.99. The van der Waals surface area contributed by atoms with E-state index in [1.165, 1.54) is 18.5 Å². The molecule has 2 rings (SSSR count). The summed E-state index contributed by atoms with van der Waals surface area (Å²) in [7, 11) is 2.01. The molecule has 1 aromatic rings. The van der Waals surface area contributed by atoms with Crippen molar-refractivity contribution in [2.24, 2.45) is 13.0 Å². The Balaban J connectivity index is 1.95. The lowest BCUT2D eigenvalue weighted by Gasteiger charge is -2.26. The second-order valence-electron chi connectivity index (χ2n) is 5.25. The average Bonchev–Trinajstić information content (AvgIpc) is 2.91. The summed E-state index contributed by atoms with van der Waals surface area (Å²) < 4.78 is 1.96. The summed E-state index contributed by atoms with van der Waals surface area (Å²) in [4.78, 5) is 0. The molecular formula is C12H21N3. The molecule has 3 nitrogen and oxygen atoms in total. The van der Waals surface area contributed by atoms with Gasteiger partial charge in [0.05, 0.1) is 11.4 Å². The average molecular weight is 207 g/mol. The maximum Gasteiger partial charge on any atom is 0.0597 e. The summed E-state index contributed by atoms with van der Waals surface area (Å²) in [6.07, 6.45) is 2.76. The number of aryl methyl sites for hydroxylation is 2. The predicted octanol–water partition coefficient (Wildman–Crippen LogP) is 2.01. The second-order valence-corrected chi connectivity index (χ2v) is 5.25. The van der Waals surface area contributed by atoms with E-state index in [0.29, 0.717) is 0 Å². The van der Waals surface area contributed by atoms with Crippen molar-refractivity contribution in [3.63, 3.8) is 0 Å². The van der Waals surface area contributed by atoms with E-state index < -0.39 is 0 Å². The van der Waals surface area contributed by atoms with Crippen LogP contribution in [0.15, 0.2) is 6.07 Å². The minimum Gasteiger partial charge on any atom is -0.306 e. The molecule has 0 saturated heterocycles. The zero-order chi connectivity index (χ0) is 11.1. The third-order valence-corrected chi connectivity index (χ3v) is 3.42. The minimum atomic E-state index is 0.276. The maximum atomic E-state index is 4.35. The first-order chi connectivity index (χ1) is 6.99. The third kappa shape index (κ3) is 2.40. The molecule has 0 atom stereocenters. The Morgan fingerprint density at radius 1 is 1.53 bits per heavy atom. The van der Waals surface area contributed by atoms with E-state index in [0.717, 1.165) is 18.2 Å². The fraction of sp³-hybridized carbons (Fsp3) is 0.750. The Bertz CT molecular complexity index is 348. The number of hydrogen-bond donors (Lipinski definition) is 1. The molecule has 1 fully saturated rings. The van der Waals surface area contributed by atoms with E-state index in [4.69, 9.17) is 0 Å². The summed E-state index contributed by atoms with van der Waals surface area (Å²) in [6, 6.07) is 2.15. The van der Waals surface area contributed by atoms with Gasteiger partial charge in [-0.05, 0) is 45.6 Å². The van der Waals surface area contributed by atoms with Crippen LogP contribution in [0.5, 0.6) is 0 Å². The van der Waals surface area contributed by atoms with Crippen LogP contribution in [-0.2, 0) is 13.6 Å². The standard InChI is InChI=1S/C12H21N3/c1-9-7-11(15(4)14-9)8-13-12(2,3)10-5-6-10/h7,10,13H,5-6,8H2,1-4H3. The van der Waals surface area contributed by atoms with Crippen molar-refractivity contribution in [3.8, 4) is 0 Å². The quantitative estimate of drug-likeness (QED) is 0.818. The fourth-order valence-corrected chi connectivity index (χ4v) is 2.10.